The van der Waals surface area contributed by atoms with E-state index in [0.717, 1.165) is 5.69 Å². The van der Waals surface area contributed by atoms with Gasteiger partial charge in [0.15, 0.2) is 0 Å². The summed E-state index contributed by atoms with van der Waals surface area (Å²) in [5.41, 5.74) is 3.58. The van der Waals surface area contributed by atoms with Crippen LogP contribution in [-0.4, -0.2) is 4.98 Å². The highest BCUT2D eigenvalue weighted by molar-refractivity contribution is 5.83. The van der Waals surface area contributed by atoms with Crippen LogP contribution < -0.4 is 0 Å². The summed E-state index contributed by atoms with van der Waals surface area (Å²) in [5.74, 6) is 0. The average Bonchev–Trinajstić information content (AvgIpc) is 2.86. The Morgan fingerprint density at radius 3 is 2.60 bits per heavy atom. The second kappa shape index (κ2) is 3.28. The van der Waals surface area contributed by atoms with Crippen molar-refractivity contribution in [3.8, 4) is 0 Å². The van der Waals surface area contributed by atoms with Crippen molar-refractivity contribution in [2.45, 2.75) is 0 Å². The van der Waals surface area contributed by atoms with Crippen molar-refractivity contribution in [2.24, 2.45) is 0 Å². The molecule has 1 aromatic heterocycles. The molecule has 3 rings (SSSR count). The highest BCUT2D eigenvalue weighted by atomic mass is 14.7. The molecular weight excluding hydrogens is 182 g/mol. The Morgan fingerprint density at radius 2 is 1.80 bits per heavy atom. The van der Waals surface area contributed by atoms with Crippen LogP contribution in [0.5, 0.6) is 0 Å². The topological polar surface area (TPSA) is 15.8 Å². The number of hydrogen-bond acceptors (Lipinski definition) is 0. The molecule has 1 N–H and O–H groups in total. The van der Waals surface area contributed by atoms with Gasteiger partial charge < -0.3 is 4.98 Å². The minimum absolute atomic E-state index is 1.16. The maximum atomic E-state index is 3.38. The molecule has 72 valence electrons. The number of H-pyrrole nitrogens is 1. The summed E-state index contributed by atoms with van der Waals surface area (Å²) in [7, 11) is 0. The predicted molar refractivity (Wildman–Crippen MR) is 64.6 cm³/mol. The lowest BCUT2D eigenvalue weighted by atomic mass is 10.2. The Labute approximate surface area is 88.4 Å². The number of para-hydroxylation sites is 1. The monoisotopic (exact) mass is 193 g/mol. The van der Waals surface area contributed by atoms with Crippen LogP contribution in [0.1, 0.15) is 5.69 Å². The largest absolute Gasteiger partial charge is 0.355 e. The van der Waals surface area contributed by atoms with E-state index < -0.39 is 0 Å². The van der Waals surface area contributed by atoms with Gasteiger partial charge in [0.1, 0.15) is 0 Å². The number of allylic oxidation sites excluding steroid dienone is 5. The third-order valence-corrected chi connectivity index (χ3v) is 2.56. The summed E-state index contributed by atoms with van der Waals surface area (Å²) < 4.78 is 0. The molecule has 0 unspecified atom stereocenters. The van der Waals surface area contributed by atoms with Crippen molar-refractivity contribution in [1.82, 2.24) is 4.98 Å². The molecule has 1 nitrogen and oxygen atoms in total. The molecular formula is C14H11N. The van der Waals surface area contributed by atoms with E-state index in [2.05, 4.69) is 59.6 Å². The molecule has 1 aromatic carbocycles. The van der Waals surface area contributed by atoms with Crippen LogP contribution in [0.3, 0.4) is 0 Å². The molecule has 1 aliphatic rings. The molecule has 0 fully saturated rings. The van der Waals surface area contributed by atoms with E-state index in [4.69, 9.17) is 0 Å². The number of benzene rings is 1. The van der Waals surface area contributed by atoms with Crippen LogP contribution in [0.25, 0.3) is 17.0 Å². The van der Waals surface area contributed by atoms with Crippen molar-refractivity contribution in [2.75, 3.05) is 0 Å². The first-order chi connectivity index (χ1) is 7.42. The minimum Gasteiger partial charge on any atom is -0.355 e. The van der Waals surface area contributed by atoms with Crippen LogP contribution in [0.15, 0.2) is 60.2 Å². The third kappa shape index (κ3) is 1.52. The summed E-state index contributed by atoms with van der Waals surface area (Å²) in [5, 5.41) is 1.26. The molecule has 1 aliphatic carbocycles. The first-order valence-corrected chi connectivity index (χ1v) is 5.06. The molecule has 0 saturated carbocycles. The van der Waals surface area contributed by atoms with Gasteiger partial charge in [0.2, 0.25) is 0 Å². The van der Waals surface area contributed by atoms with Gasteiger partial charge in [-0.05, 0) is 29.2 Å². The van der Waals surface area contributed by atoms with Crippen molar-refractivity contribution >= 4 is 17.0 Å². The maximum Gasteiger partial charge on any atom is 0.0458 e. The van der Waals surface area contributed by atoms with E-state index in [1.165, 1.54) is 16.5 Å². The number of fused-ring (bicyclic) bond motifs is 1. The van der Waals surface area contributed by atoms with Crippen molar-refractivity contribution in [3.05, 3.63) is 65.9 Å². The number of rotatable bonds is 1. The first-order valence-electron chi connectivity index (χ1n) is 5.06. The molecule has 0 aliphatic heterocycles. The van der Waals surface area contributed by atoms with Gasteiger partial charge in [0.05, 0.1) is 0 Å². The van der Waals surface area contributed by atoms with E-state index in [9.17, 15) is 0 Å². The quantitative estimate of drug-likeness (QED) is 0.711. The highest BCUT2D eigenvalue weighted by Gasteiger charge is 1.98. The van der Waals surface area contributed by atoms with Gasteiger partial charge in [-0.1, -0.05) is 42.5 Å². The predicted octanol–water partition coefficient (Wildman–Crippen LogP) is 3.68. The second-order valence-corrected chi connectivity index (χ2v) is 3.67. The lowest BCUT2D eigenvalue weighted by Gasteiger charge is -1.88. The number of hydrogen-bond donors (Lipinski definition) is 1. The van der Waals surface area contributed by atoms with Crippen LogP contribution in [-0.2, 0) is 0 Å². The van der Waals surface area contributed by atoms with E-state index >= 15 is 0 Å². The van der Waals surface area contributed by atoms with E-state index in [-0.39, 0.29) is 0 Å². The van der Waals surface area contributed by atoms with Gasteiger partial charge >= 0.3 is 0 Å². The SMILES string of the molecule is C1=CC(=Cc2cc3ccccc3[nH]2)C=C1. The zero-order chi connectivity index (χ0) is 10.1. The summed E-state index contributed by atoms with van der Waals surface area (Å²) in [6.07, 6.45) is 10.5. The lowest BCUT2D eigenvalue weighted by molar-refractivity contribution is 1.43. The number of nitrogens with one attached hydrogen (secondary N) is 1. The Balaban J connectivity index is 2.09. The third-order valence-electron chi connectivity index (χ3n) is 2.56. The molecule has 1 heteroatoms. The molecule has 0 bridgehead atoms. The van der Waals surface area contributed by atoms with Gasteiger partial charge in [-0.25, -0.2) is 0 Å². The Hall–Kier alpha value is -2.02. The Bertz CT molecular complexity index is 535. The lowest BCUT2D eigenvalue weighted by Crippen LogP contribution is -1.71. The molecule has 0 radical (unpaired) electrons. The second-order valence-electron chi connectivity index (χ2n) is 3.67. The van der Waals surface area contributed by atoms with Gasteiger partial charge in [0.25, 0.3) is 0 Å². The molecule has 1 heterocycles. The van der Waals surface area contributed by atoms with Crippen LogP contribution in [0, 0.1) is 0 Å². The standard InChI is InChI=1S/C14H11N/c1-2-6-11(5-1)9-13-10-12-7-3-4-8-14(12)15-13/h1-10,15H. The van der Waals surface area contributed by atoms with Gasteiger partial charge in [0, 0.05) is 11.2 Å². The zero-order valence-electron chi connectivity index (χ0n) is 8.27. The normalized spacial score (nSPS) is 14.0. The van der Waals surface area contributed by atoms with Crippen LogP contribution >= 0.6 is 0 Å². The maximum absolute atomic E-state index is 3.38. The summed E-state index contributed by atoms with van der Waals surface area (Å²) >= 11 is 0. The smallest absolute Gasteiger partial charge is 0.0458 e. The molecule has 0 amide bonds. The fraction of sp³-hybridized carbons (Fsp3) is 0. The van der Waals surface area contributed by atoms with E-state index in [0.29, 0.717) is 0 Å². The number of aromatic amines is 1. The van der Waals surface area contributed by atoms with Crippen molar-refractivity contribution < 1.29 is 0 Å². The van der Waals surface area contributed by atoms with Gasteiger partial charge in [-0.3, -0.25) is 0 Å². The van der Waals surface area contributed by atoms with E-state index in [1.54, 1.807) is 0 Å². The van der Waals surface area contributed by atoms with Gasteiger partial charge in [-0.2, -0.15) is 0 Å². The Kier molecular flexibility index (Phi) is 1.82. The summed E-state index contributed by atoms with van der Waals surface area (Å²) in [6.45, 7) is 0. The summed E-state index contributed by atoms with van der Waals surface area (Å²) in [6, 6.07) is 10.5. The molecule has 0 saturated heterocycles. The summed E-state index contributed by atoms with van der Waals surface area (Å²) in [4.78, 5) is 3.38. The molecule has 0 atom stereocenters. The average molecular weight is 193 g/mol. The number of aromatic nitrogens is 1. The van der Waals surface area contributed by atoms with Crippen molar-refractivity contribution in [3.63, 3.8) is 0 Å². The van der Waals surface area contributed by atoms with Crippen LogP contribution in [0.4, 0.5) is 0 Å². The molecule has 0 spiro atoms. The highest BCUT2D eigenvalue weighted by Crippen LogP contribution is 2.18. The van der Waals surface area contributed by atoms with Gasteiger partial charge in [-0.15, -0.1) is 0 Å². The van der Waals surface area contributed by atoms with E-state index in [1.807, 2.05) is 6.07 Å². The molecule has 2 aromatic rings. The fourth-order valence-electron chi connectivity index (χ4n) is 1.84. The zero-order valence-corrected chi connectivity index (χ0v) is 8.27. The minimum atomic E-state index is 1.16. The fourth-order valence-corrected chi connectivity index (χ4v) is 1.84. The van der Waals surface area contributed by atoms with Crippen LogP contribution in [0.2, 0.25) is 0 Å². The molecule has 15 heavy (non-hydrogen) atoms. The first kappa shape index (κ1) is 8.30. The van der Waals surface area contributed by atoms with Crippen molar-refractivity contribution in [1.29, 1.82) is 0 Å². The Morgan fingerprint density at radius 1 is 1.00 bits per heavy atom.